The van der Waals surface area contributed by atoms with Crippen LogP contribution in [0.15, 0.2) is 42.8 Å². The Morgan fingerprint density at radius 3 is 3.06 bits per heavy atom. The molecule has 1 aromatic carbocycles. The van der Waals surface area contributed by atoms with Crippen molar-refractivity contribution in [2.45, 2.75) is 6.54 Å². The quantitative estimate of drug-likeness (QED) is 0.788. The molecule has 0 saturated heterocycles. The molecule has 0 radical (unpaired) electrons. The normalized spacial score (nSPS) is 17.5. The van der Waals surface area contributed by atoms with Gasteiger partial charge in [-0.25, -0.2) is 0 Å². The molecule has 0 amide bonds. The van der Waals surface area contributed by atoms with Crippen LogP contribution in [0.1, 0.15) is 16.7 Å². The Balaban J connectivity index is 1.98. The van der Waals surface area contributed by atoms with E-state index in [0.29, 0.717) is 0 Å². The minimum absolute atomic E-state index is 0.916. The smallest absolute Gasteiger partial charge is 0.0426 e. The fourth-order valence-corrected chi connectivity index (χ4v) is 2.28. The van der Waals surface area contributed by atoms with E-state index in [4.69, 9.17) is 0 Å². The predicted molar refractivity (Wildman–Crippen MR) is 72.1 cm³/mol. The van der Waals surface area contributed by atoms with Crippen LogP contribution in [0.4, 0.5) is 0 Å². The van der Waals surface area contributed by atoms with E-state index in [0.717, 1.165) is 13.1 Å². The first kappa shape index (κ1) is 10.2. The number of nitrogens with zero attached hydrogens (tertiary/aromatic N) is 1. The van der Waals surface area contributed by atoms with E-state index in [9.17, 15) is 0 Å². The number of dihydropyridines is 1. The van der Waals surface area contributed by atoms with Gasteiger partial charge in [-0.3, -0.25) is 0 Å². The summed E-state index contributed by atoms with van der Waals surface area (Å²) in [6.45, 7) is 1.92. The molecular weight excluding hydrogens is 208 g/mol. The molecule has 2 aliphatic heterocycles. The Bertz CT molecular complexity index is 524. The van der Waals surface area contributed by atoms with E-state index >= 15 is 0 Å². The van der Waals surface area contributed by atoms with Crippen molar-refractivity contribution in [3.8, 4) is 0 Å². The molecular formula is C15H16N2. The average molecular weight is 224 g/mol. The van der Waals surface area contributed by atoms with Gasteiger partial charge in [-0.05, 0) is 52.9 Å². The largest absolute Gasteiger partial charge is 0.387 e. The van der Waals surface area contributed by atoms with Gasteiger partial charge in [0.2, 0.25) is 0 Å². The summed E-state index contributed by atoms with van der Waals surface area (Å²) in [6, 6.07) is 6.74. The molecule has 2 nitrogen and oxygen atoms in total. The van der Waals surface area contributed by atoms with E-state index in [1.165, 1.54) is 22.3 Å². The molecule has 0 aromatic heterocycles. The first-order valence-electron chi connectivity index (χ1n) is 5.94. The second kappa shape index (κ2) is 4.13. The Labute approximate surface area is 102 Å². The summed E-state index contributed by atoms with van der Waals surface area (Å²) in [7, 11) is 2.10. The zero-order valence-corrected chi connectivity index (χ0v) is 9.98. The summed E-state index contributed by atoms with van der Waals surface area (Å²) in [5.41, 5.74) is 5.41. The van der Waals surface area contributed by atoms with Gasteiger partial charge in [0.15, 0.2) is 0 Å². The Morgan fingerprint density at radius 1 is 1.29 bits per heavy atom. The second-order valence-corrected chi connectivity index (χ2v) is 4.58. The summed E-state index contributed by atoms with van der Waals surface area (Å²) >= 11 is 0. The third-order valence-corrected chi connectivity index (χ3v) is 3.25. The highest BCUT2D eigenvalue weighted by molar-refractivity contribution is 5.72. The molecule has 0 spiro atoms. The first-order valence-corrected chi connectivity index (χ1v) is 5.94. The van der Waals surface area contributed by atoms with Crippen LogP contribution in [-0.4, -0.2) is 18.5 Å². The number of allylic oxidation sites excluding steroid dienone is 2. The van der Waals surface area contributed by atoms with Gasteiger partial charge in [0.25, 0.3) is 0 Å². The van der Waals surface area contributed by atoms with Crippen LogP contribution in [0.3, 0.4) is 0 Å². The lowest BCUT2D eigenvalue weighted by Gasteiger charge is -2.22. The average Bonchev–Trinajstić information content (AvgIpc) is 2.39. The molecule has 0 fully saturated rings. The van der Waals surface area contributed by atoms with Crippen molar-refractivity contribution in [1.82, 2.24) is 10.2 Å². The molecule has 1 aromatic rings. The number of fused-ring (bicyclic) bond motifs is 1. The maximum absolute atomic E-state index is 3.25. The summed E-state index contributed by atoms with van der Waals surface area (Å²) in [5, 5.41) is 3.25. The maximum Gasteiger partial charge on any atom is 0.0426 e. The van der Waals surface area contributed by atoms with Crippen LogP contribution < -0.4 is 5.32 Å². The summed E-state index contributed by atoms with van der Waals surface area (Å²) in [4.78, 5) is 2.20. The third kappa shape index (κ3) is 1.98. The van der Waals surface area contributed by atoms with Crippen molar-refractivity contribution in [3.05, 3.63) is 59.4 Å². The highest BCUT2D eigenvalue weighted by atomic mass is 15.1. The zero-order valence-electron chi connectivity index (χ0n) is 9.98. The van der Waals surface area contributed by atoms with Crippen LogP contribution in [0.2, 0.25) is 0 Å². The van der Waals surface area contributed by atoms with E-state index in [1.807, 2.05) is 6.20 Å². The molecule has 3 rings (SSSR count). The van der Waals surface area contributed by atoms with Crippen molar-refractivity contribution < 1.29 is 0 Å². The fraction of sp³-hybridized carbons (Fsp3) is 0.200. The molecule has 2 heteroatoms. The van der Waals surface area contributed by atoms with Crippen LogP contribution in [-0.2, 0) is 6.54 Å². The number of rotatable bonds is 1. The zero-order chi connectivity index (χ0) is 11.7. The van der Waals surface area contributed by atoms with Gasteiger partial charge in [0.05, 0.1) is 0 Å². The molecule has 0 unspecified atom stereocenters. The van der Waals surface area contributed by atoms with Crippen molar-refractivity contribution in [2.75, 3.05) is 13.6 Å². The van der Waals surface area contributed by atoms with E-state index in [1.54, 1.807) is 0 Å². The van der Waals surface area contributed by atoms with Gasteiger partial charge in [0.1, 0.15) is 0 Å². The summed E-state index contributed by atoms with van der Waals surface area (Å²) < 4.78 is 0. The molecule has 2 heterocycles. The number of hydrogen-bond donors (Lipinski definition) is 1. The molecule has 0 atom stereocenters. The number of nitrogens with one attached hydrogen (secondary N) is 1. The standard InChI is InChI=1S/C15H16N2/c1-17-8-6-13-9-12(4-5-15(13)11-17)14-3-2-7-16-10-14/h2-9,16H,10-11H2,1H3. The van der Waals surface area contributed by atoms with Crippen LogP contribution in [0.5, 0.6) is 0 Å². The van der Waals surface area contributed by atoms with Crippen LogP contribution in [0.25, 0.3) is 11.6 Å². The number of hydrogen-bond acceptors (Lipinski definition) is 2. The monoisotopic (exact) mass is 224 g/mol. The minimum atomic E-state index is 0.916. The van der Waals surface area contributed by atoms with Crippen LogP contribution in [0, 0.1) is 0 Å². The van der Waals surface area contributed by atoms with Gasteiger partial charge < -0.3 is 10.2 Å². The van der Waals surface area contributed by atoms with E-state index in [2.05, 4.69) is 59.9 Å². The molecule has 1 N–H and O–H groups in total. The molecule has 0 saturated carbocycles. The fourth-order valence-electron chi connectivity index (χ4n) is 2.28. The Morgan fingerprint density at radius 2 is 2.24 bits per heavy atom. The van der Waals surface area contributed by atoms with Crippen LogP contribution >= 0.6 is 0 Å². The van der Waals surface area contributed by atoms with Gasteiger partial charge in [-0.2, -0.15) is 0 Å². The molecule has 2 aliphatic rings. The molecule has 86 valence electrons. The Kier molecular flexibility index (Phi) is 2.48. The van der Waals surface area contributed by atoms with Crippen molar-refractivity contribution in [1.29, 1.82) is 0 Å². The maximum atomic E-state index is 3.25. The highest BCUT2D eigenvalue weighted by Crippen LogP contribution is 2.24. The van der Waals surface area contributed by atoms with Gasteiger partial charge in [0, 0.05) is 20.1 Å². The van der Waals surface area contributed by atoms with Gasteiger partial charge in [-0.15, -0.1) is 0 Å². The summed E-state index contributed by atoms with van der Waals surface area (Å²) in [6.07, 6.45) is 10.5. The van der Waals surface area contributed by atoms with E-state index in [-0.39, 0.29) is 0 Å². The lowest BCUT2D eigenvalue weighted by atomic mass is 9.96. The number of benzene rings is 1. The lowest BCUT2D eigenvalue weighted by molar-refractivity contribution is 0.448. The van der Waals surface area contributed by atoms with Crippen molar-refractivity contribution in [2.24, 2.45) is 0 Å². The van der Waals surface area contributed by atoms with Crippen molar-refractivity contribution in [3.63, 3.8) is 0 Å². The lowest BCUT2D eigenvalue weighted by Crippen LogP contribution is -2.15. The molecule has 17 heavy (non-hydrogen) atoms. The van der Waals surface area contributed by atoms with Crippen molar-refractivity contribution >= 4 is 11.6 Å². The molecule has 0 aliphatic carbocycles. The minimum Gasteiger partial charge on any atom is -0.387 e. The first-order chi connectivity index (χ1) is 8.33. The SMILES string of the molecule is CN1C=Cc2cc(C3=CC=CNC3)ccc2C1. The summed E-state index contributed by atoms with van der Waals surface area (Å²) in [5.74, 6) is 0. The van der Waals surface area contributed by atoms with E-state index < -0.39 is 0 Å². The second-order valence-electron chi connectivity index (χ2n) is 4.58. The molecule has 0 bridgehead atoms. The highest BCUT2D eigenvalue weighted by Gasteiger charge is 2.10. The van der Waals surface area contributed by atoms with Gasteiger partial charge >= 0.3 is 0 Å². The van der Waals surface area contributed by atoms with Gasteiger partial charge in [-0.1, -0.05) is 18.2 Å². The topological polar surface area (TPSA) is 15.3 Å². The Hall–Kier alpha value is -1.96. The third-order valence-electron chi connectivity index (χ3n) is 3.25. The predicted octanol–water partition coefficient (Wildman–Crippen LogP) is 2.60.